The van der Waals surface area contributed by atoms with Crippen LogP contribution in [-0.2, 0) is 16.1 Å². The molecule has 0 aliphatic carbocycles. The first-order valence-electron chi connectivity index (χ1n) is 8.67. The third kappa shape index (κ3) is 5.30. The Kier molecular flexibility index (Phi) is 6.02. The minimum absolute atomic E-state index is 0.00850. The zero-order valence-electron chi connectivity index (χ0n) is 13.7. The quantitative estimate of drug-likeness (QED) is 0.855. The molecule has 1 aromatic carbocycles. The maximum absolute atomic E-state index is 12.2. The van der Waals surface area contributed by atoms with E-state index in [4.69, 9.17) is 4.74 Å². The number of piperidine rings is 1. The Balaban J connectivity index is 1.43. The zero-order chi connectivity index (χ0) is 15.9. The lowest BCUT2D eigenvalue weighted by Gasteiger charge is -2.33. The number of carbonyl (C=O) groups excluding carboxylic acids is 1. The Morgan fingerprint density at radius 1 is 1.26 bits per heavy atom. The Morgan fingerprint density at radius 2 is 2.04 bits per heavy atom. The van der Waals surface area contributed by atoms with Crippen LogP contribution < -0.4 is 10.6 Å². The van der Waals surface area contributed by atoms with Gasteiger partial charge in [0.2, 0.25) is 5.91 Å². The summed E-state index contributed by atoms with van der Waals surface area (Å²) in [7, 11) is 0. The molecule has 23 heavy (non-hydrogen) atoms. The van der Waals surface area contributed by atoms with E-state index in [1.54, 1.807) is 0 Å². The van der Waals surface area contributed by atoms with Gasteiger partial charge in [-0.3, -0.25) is 9.69 Å². The molecule has 0 saturated carbocycles. The molecule has 1 unspecified atom stereocenters. The van der Waals surface area contributed by atoms with E-state index in [0.717, 1.165) is 45.6 Å². The molecule has 0 spiro atoms. The van der Waals surface area contributed by atoms with E-state index in [1.807, 2.05) is 6.07 Å². The van der Waals surface area contributed by atoms with Crippen LogP contribution in [-0.4, -0.2) is 55.7 Å². The molecule has 2 aliphatic rings. The molecule has 2 saturated heterocycles. The average Bonchev–Trinajstić information content (AvgIpc) is 2.57. The second-order valence-corrected chi connectivity index (χ2v) is 6.51. The van der Waals surface area contributed by atoms with E-state index in [2.05, 4.69) is 39.8 Å². The summed E-state index contributed by atoms with van der Waals surface area (Å²) in [5, 5.41) is 6.47. The van der Waals surface area contributed by atoms with Gasteiger partial charge in [0.1, 0.15) is 0 Å². The van der Waals surface area contributed by atoms with E-state index >= 15 is 0 Å². The van der Waals surface area contributed by atoms with Crippen LogP contribution in [0.15, 0.2) is 30.3 Å². The second-order valence-electron chi connectivity index (χ2n) is 6.51. The van der Waals surface area contributed by atoms with E-state index in [0.29, 0.717) is 19.1 Å². The summed E-state index contributed by atoms with van der Waals surface area (Å²) in [6.07, 6.45) is 2.53. The lowest BCUT2D eigenvalue weighted by Crippen LogP contribution is -2.47. The molecule has 0 aromatic heterocycles. The van der Waals surface area contributed by atoms with E-state index < -0.39 is 0 Å². The fourth-order valence-electron chi connectivity index (χ4n) is 3.35. The molecule has 0 radical (unpaired) electrons. The summed E-state index contributed by atoms with van der Waals surface area (Å²) in [4.78, 5) is 14.6. The van der Waals surface area contributed by atoms with Crippen molar-refractivity contribution in [2.24, 2.45) is 0 Å². The Labute approximate surface area is 138 Å². The van der Waals surface area contributed by atoms with Crippen molar-refractivity contribution < 1.29 is 9.53 Å². The van der Waals surface area contributed by atoms with Gasteiger partial charge < -0.3 is 15.4 Å². The largest absolute Gasteiger partial charge is 0.375 e. The number of nitrogens with one attached hydrogen (secondary N) is 2. The first-order valence-corrected chi connectivity index (χ1v) is 8.67. The summed E-state index contributed by atoms with van der Waals surface area (Å²) in [5.41, 5.74) is 1.31. The molecule has 1 aromatic rings. The molecular formula is C18H27N3O2. The Morgan fingerprint density at radius 3 is 2.83 bits per heavy atom. The summed E-state index contributed by atoms with van der Waals surface area (Å²) in [6.45, 7) is 5.38. The summed E-state index contributed by atoms with van der Waals surface area (Å²) < 4.78 is 5.79. The highest BCUT2D eigenvalue weighted by atomic mass is 16.5. The fourth-order valence-corrected chi connectivity index (χ4v) is 3.35. The topological polar surface area (TPSA) is 53.6 Å². The third-order valence-electron chi connectivity index (χ3n) is 4.59. The van der Waals surface area contributed by atoms with Crippen LogP contribution in [0.2, 0.25) is 0 Å². The molecule has 126 valence electrons. The minimum atomic E-state index is 0.00850. The molecule has 0 bridgehead atoms. The van der Waals surface area contributed by atoms with Gasteiger partial charge in [0, 0.05) is 25.7 Å². The molecule has 1 amide bonds. The minimum Gasteiger partial charge on any atom is -0.375 e. The number of rotatable bonds is 5. The SMILES string of the molecule is O=C(CC1CN(Cc2ccccc2)CCO1)NC1CCNCC1. The molecule has 3 rings (SSSR count). The molecule has 2 heterocycles. The van der Waals surface area contributed by atoms with Gasteiger partial charge >= 0.3 is 0 Å². The molecule has 1 atom stereocenters. The van der Waals surface area contributed by atoms with Crippen LogP contribution in [0.25, 0.3) is 0 Å². The highest BCUT2D eigenvalue weighted by Crippen LogP contribution is 2.13. The van der Waals surface area contributed by atoms with Crippen LogP contribution in [0, 0.1) is 0 Å². The predicted octanol–water partition coefficient (Wildman–Crippen LogP) is 1.15. The monoisotopic (exact) mass is 317 g/mol. The molecule has 2 fully saturated rings. The molecule has 5 nitrogen and oxygen atoms in total. The Bertz CT molecular complexity index is 488. The molecular weight excluding hydrogens is 290 g/mol. The van der Waals surface area contributed by atoms with Crippen molar-refractivity contribution in [3.05, 3.63) is 35.9 Å². The van der Waals surface area contributed by atoms with Crippen molar-refractivity contribution in [1.29, 1.82) is 0 Å². The van der Waals surface area contributed by atoms with Gasteiger partial charge in [0.15, 0.2) is 0 Å². The van der Waals surface area contributed by atoms with Crippen LogP contribution in [0.4, 0.5) is 0 Å². The number of nitrogens with zero attached hydrogens (tertiary/aromatic N) is 1. The van der Waals surface area contributed by atoms with E-state index in [1.165, 1.54) is 5.56 Å². The van der Waals surface area contributed by atoms with Gasteiger partial charge in [0.25, 0.3) is 0 Å². The van der Waals surface area contributed by atoms with Gasteiger partial charge in [0.05, 0.1) is 19.1 Å². The maximum atomic E-state index is 12.2. The van der Waals surface area contributed by atoms with Gasteiger partial charge in [-0.1, -0.05) is 30.3 Å². The number of hydrogen-bond acceptors (Lipinski definition) is 4. The van der Waals surface area contributed by atoms with Gasteiger partial charge in [-0.05, 0) is 31.5 Å². The van der Waals surface area contributed by atoms with E-state index in [9.17, 15) is 4.79 Å². The molecule has 2 N–H and O–H groups in total. The fraction of sp³-hybridized carbons (Fsp3) is 0.611. The van der Waals surface area contributed by atoms with Crippen molar-refractivity contribution in [3.63, 3.8) is 0 Å². The number of ether oxygens (including phenoxy) is 1. The number of morpholine rings is 1. The lowest BCUT2D eigenvalue weighted by atomic mass is 10.1. The van der Waals surface area contributed by atoms with Crippen LogP contribution in [0.1, 0.15) is 24.8 Å². The Hall–Kier alpha value is -1.43. The standard InChI is InChI=1S/C18H27N3O2/c22-18(20-16-6-8-19-9-7-16)12-17-14-21(10-11-23-17)13-15-4-2-1-3-5-15/h1-5,16-17,19H,6-14H2,(H,20,22). The van der Waals surface area contributed by atoms with Crippen molar-refractivity contribution >= 4 is 5.91 Å². The van der Waals surface area contributed by atoms with Crippen molar-refractivity contribution in [1.82, 2.24) is 15.5 Å². The maximum Gasteiger partial charge on any atom is 0.222 e. The normalized spacial score (nSPS) is 23.6. The third-order valence-corrected chi connectivity index (χ3v) is 4.59. The highest BCUT2D eigenvalue weighted by Gasteiger charge is 2.24. The summed E-state index contributed by atoms with van der Waals surface area (Å²) in [5.74, 6) is 0.128. The van der Waals surface area contributed by atoms with Gasteiger partial charge in [-0.15, -0.1) is 0 Å². The lowest BCUT2D eigenvalue weighted by molar-refractivity contribution is -0.127. The van der Waals surface area contributed by atoms with Crippen molar-refractivity contribution in [2.75, 3.05) is 32.8 Å². The van der Waals surface area contributed by atoms with Crippen LogP contribution in [0.5, 0.6) is 0 Å². The van der Waals surface area contributed by atoms with Gasteiger partial charge in [-0.2, -0.15) is 0 Å². The molecule has 5 heteroatoms. The summed E-state index contributed by atoms with van der Waals surface area (Å²) in [6, 6.07) is 10.8. The highest BCUT2D eigenvalue weighted by molar-refractivity contribution is 5.76. The number of carbonyl (C=O) groups is 1. The smallest absolute Gasteiger partial charge is 0.222 e. The first-order chi connectivity index (χ1) is 11.3. The summed E-state index contributed by atoms with van der Waals surface area (Å²) >= 11 is 0. The van der Waals surface area contributed by atoms with Crippen molar-refractivity contribution in [3.8, 4) is 0 Å². The van der Waals surface area contributed by atoms with Crippen molar-refractivity contribution in [2.45, 2.75) is 38.0 Å². The number of amides is 1. The van der Waals surface area contributed by atoms with E-state index in [-0.39, 0.29) is 12.0 Å². The first kappa shape index (κ1) is 16.4. The van der Waals surface area contributed by atoms with Crippen LogP contribution >= 0.6 is 0 Å². The number of hydrogen-bond donors (Lipinski definition) is 2. The molecule has 2 aliphatic heterocycles. The van der Waals surface area contributed by atoms with Crippen LogP contribution in [0.3, 0.4) is 0 Å². The number of benzene rings is 1. The average molecular weight is 317 g/mol. The van der Waals surface area contributed by atoms with Gasteiger partial charge in [-0.25, -0.2) is 0 Å². The predicted molar refractivity (Wildman–Crippen MR) is 90.1 cm³/mol. The second kappa shape index (κ2) is 8.43. The zero-order valence-corrected chi connectivity index (χ0v) is 13.7.